The number of carbonyl (C=O) groups is 1. The number of anilines is 1. The van der Waals surface area contributed by atoms with Crippen LogP contribution in [0, 0.1) is 11.3 Å². The maximum Gasteiger partial charge on any atom is 0.236 e. The van der Waals surface area contributed by atoms with Crippen molar-refractivity contribution in [2.24, 2.45) is 0 Å². The quantitative estimate of drug-likeness (QED) is 0.613. The number of benzene rings is 1. The Morgan fingerprint density at radius 3 is 2.68 bits per heavy atom. The summed E-state index contributed by atoms with van der Waals surface area (Å²) in [6.45, 7) is 6.01. The van der Waals surface area contributed by atoms with Gasteiger partial charge in [-0.05, 0) is 74.6 Å². The molecule has 8 nitrogen and oxygen atoms in total. The summed E-state index contributed by atoms with van der Waals surface area (Å²) in [7, 11) is 0. The summed E-state index contributed by atoms with van der Waals surface area (Å²) in [4.78, 5) is 12.9. The zero-order chi connectivity index (χ0) is 22.0. The minimum Gasteiger partial charge on any atom is -0.310 e. The lowest BCUT2D eigenvalue weighted by atomic mass is 9.95. The lowest BCUT2D eigenvalue weighted by molar-refractivity contribution is -0.113. The van der Waals surface area contributed by atoms with Crippen LogP contribution in [0.1, 0.15) is 50.4 Å². The molecule has 0 fully saturated rings. The summed E-state index contributed by atoms with van der Waals surface area (Å²) in [6.07, 6.45) is 3.88. The minimum absolute atomic E-state index is 0.145. The second kappa shape index (κ2) is 8.55. The predicted octanol–water partition coefficient (Wildman–Crippen LogP) is 3.70. The number of fused-ring (bicyclic) bond motifs is 1. The van der Waals surface area contributed by atoms with Gasteiger partial charge in [0.2, 0.25) is 11.1 Å². The van der Waals surface area contributed by atoms with E-state index in [1.54, 1.807) is 4.68 Å². The van der Waals surface area contributed by atoms with Crippen molar-refractivity contribution < 1.29 is 4.79 Å². The molecule has 0 aliphatic heterocycles. The molecule has 9 heteroatoms. The number of rotatable bonds is 5. The lowest BCUT2D eigenvalue weighted by Crippen LogP contribution is -2.25. The van der Waals surface area contributed by atoms with Crippen molar-refractivity contribution in [1.29, 1.82) is 5.26 Å². The molecule has 1 aliphatic carbocycles. The molecular formula is C22H25N7OS. The van der Waals surface area contributed by atoms with Gasteiger partial charge in [0.25, 0.3) is 0 Å². The van der Waals surface area contributed by atoms with Crippen LogP contribution in [-0.4, -0.2) is 36.4 Å². The van der Waals surface area contributed by atoms with Crippen LogP contribution in [0.25, 0.3) is 5.69 Å². The number of hydrogen-bond acceptors (Lipinski definition) is 6. The Kier molecular flexibility index (Phi) is 5.83. The molecule has 1 N–H and O–H groups in total. The summed E-state index contributed by atoms with van der Waals surface area (Å²) in [5.74, 6) is 0.505. The molecule has 0 atom stereocenters. The van der Waals surface area contributed by atoms with Crippen molar-refractivity contribution >= 4 is 23.5 Å². The molecule has 0 saturated carbocycles. The fourth-order valence-corrected chi connectivity index (χ4v) is 4.74. The Morgan fingerprint density at radius 1 is 1.23 bits per heavy atom. The van der Waals surface area contributed by atoms with E-state index in [4.69, 9.17) is 0 Å². The Bertz CT molecular complexity index is 1140. The molecule has 31 heavy (non-hydrogen) atoms. The predicted molar refractivity (Wildman–Crippen MR) is 119 cm³/mol. The molecule has 3 aromatic rings. The number of carbonyl (C=O) groups excluding carboxylic acids is 1. The first kappa shape index (κ1) is 21.1. The maximum atomic E-state index is 12.9. The van der Waals surface area contributed by atoms with Gasteiger partial charge >= 0.3 is 0 Å². The second-order valence-corrected chi connectivity index (χ2v) is 9.46. The van der Waals surface area contributed by atoms with Crippen molar-refractivity contribution in [3.63, 3.8) is 0 Å². The number of amides is 1. The van der Waals surface area contributed by atoms with Crippen LogP contribution in [0.15, 0.2) is 35.5 Å². The molecule has 0 spiro atoms. The summed E-state index contributed by atoms with van der Waals surface area (Å²) in [6, 6.07) is 12.2. The number of tetrazole rings is 1. The maximum absolute atomic E-state index is 12.9. The number of hydrogen-bond donors (Lipinski definition) is 1. The fourth-order valence-electron chi connectivity index (χ4n) is 3.88. The Labute approximate surface area is 185 Å². The third-order valence-electron chi connectivity index (χ3n) is 5.26. The molecule has 0 unspecified atom stereocenters. The molecule has 160 valence electrons. The highest BCUT2D eigenvalue weighted by Crippen LogP contribution is 2.35. The van der Waals surface area contributed by atoms with Crippen LogP contribution in [0.4, 0.5) is 5.82 Å². The summed E-state index contributed by atoms with van der Waals surface area (Å²) >= 11 is 1.28. The molecule has 4 rings (SSSR count). The number of nitriles is 1. The molecule has 2 heterocycles. The van der Waals surface area contributed by atoms with E-state index in [0.29, 0.717) is 16.5 Å². The molecule has 0 saturated heterocycles. The standard InChI is InChI=1S/C22H25N7OS/c1-22(2,3)29-21(25-26-27-29)31-14-19(30)24-20-17(13-23)16-11-7-8-12-18(16)28(20)15-9-5-4-6-10-15/h4-6,9-10H,7-8,11-12,14H2,1-3H3,(H,24,30). The first-order valence-electron chi connectivity index (χ1n) is 10.3. The Morgan fingerprint density at radius 2 is 1.97 bits per heavy atom. The molecule has 1 amide bonds. The van der Waals surface area contributed by atoms with Crippen LogP contribution in [0.2, 0.25) is 0 Å². The molecule has 0 radical (unpaired) electrons. The summed E-state index contributed by atoms with van der Waals surface area (Å²) in [5.41, 5.74) is 3.40. The first-order chi connectivity index (χ1) is 14.9. The SMILES string of the molecule is CC(C)(C)n1nnnc1SCC(=O)Nc1c(C#N)c2c(n1-c1ccccc1)CCCC2. The van der Waals surface area contributed by atoms with Crippen molar-refractivity contribution in [1.82, 2.24) is 24.8 Å². The van der Waals surface area contributed by atoms with E-state index in [1.165, 1.54) is 11.8 Å². The van der Waals surface area contributed by atoms with Gasteiger partial charge in [0.1, 0.15) is 11.9 Å². The smallest absolute Gasteiger partial charge is 0.236 e. The van der Waals surface area contributed by atoms with Gasteiger partial charge in [0, 0.05) is 11.4 Å². The van der Waals surface area contributed by atoms with E-state index < -0.39 is 0 Å². The zero-order valence-corrected chi connectivity index (χ0v) is 18.7. The van der Waals surface area contributed by atoms with Gasteiger partial charge in [-0.1, -0.05) is 30.0 Å². The van der Waals surface area contributed by atoms with Crippen LogP contribution < -0.4 is 5.32 Å². The van der Waals surface area contributed by atoms with Gasteiger partial charge in [-0.2, -0.15) is 5.26 Å². The van der Waals surface area contributed by atoms with Gasteiger partial charge in [-0.3, -0.25) is 9.36 Å². The highest BCUT2D eigenvalue weighted by atomic mass is 32.2. The number of nitrogens with zero attached hydrogens (tertiary/aromatic N) is 6. The third kappa shape index (κ3) is 4.21. The Balaban J connectivity index is 1.63. The normalized spacial score (nSPS) is 13.5. The largest absolute Gasteiger partial charge is 0.310 e. The highest BCUT2D eigenvalue weighted by molar-refractivity contribution is 7.99. The minimum atomic E-state index is -0.280. The van der Waals surface area contributed by atoms with Crippen LogP contribution in [0.5, 0.6) is 0 Å². The molecule has 1 aliphatic rings. The highest BCUT2D eigenvalue weighted by Gasteiger charge is 2.27. The first-order valence-corrected chi connectivity index (χ1v) is 11.3. The van der Waals surface area contributed by atoms with E-state index in [-0.39, 0.29) is 17.2 Å². The van der Waals surface area contributed by atoms with E-state index >= 15 is 0 Å². The van der Waals surface area contributed by atoms with Crippen molar-refractivity contribution in [3.8, 4) is 11.8 Å². The van der Waals surface area contributed by atoms with Crippen LogP contribution in [0.3, 0.4) is 0 Å². The average Bonchev–Trinajstić information content (AvgIpc) is 3.35. The second-order valence-electron chi connectivity index (χ2n) is 8.52. The van der Waals surface area contributed by atoms with Gasteiger partial charge in [-0.25, -0.2) is 4.68 Å². The summed E-state index contributed by atoms with van der Waals surface area (Å²) in [5, 5.41) is 25.3. The van der Waals surface area contributed by atoms with Crippen molar-refractivity contribution in [3.05, 3.63) is 47.2 Å². The zero-order valence-electron chi connectivity index (χ0n) is 17.9. The van der Waals surface area contributed by atoms with Gasteiger partial charge in [0.05, 0.1) is 16.9 Å². The number of para-hydroxylation sites is 1. The molecular weight excluding hydrogens is 410 g/mol. The van der Waals surface area contributed by atoms with Crippen molar-refractivity contribution in [2.75, 3.05) is 11.1 Å². The van der Waals surface area contributed by atoms with E-state index in [9.17, 15) is 10.1 Å². The third-order valence-corrected chi connectivity index (χ3v) is 6.18. The summed E-state index contributed by atoms with van der Waals surface area (Å²) < 4.78 is 3.74. The topological polar surface area (TPSA) is 101 Å². The lowest BCUT2D eigenvalue weighted by Gasteiger charge is -2.19. The number of nitrogens with one attached hydrogen (secondary N) is 1. The molecule has 0 bridgehead atoms. The van der Waals surface area contributed by atoms with Crippen molar-refractivity contribution in [2.45, 2.75) is 57.1 Å². The van der Waals surface area contributed by atoms with E-state index in [0.717, 1.165) is 42.6 Å². The van der Waals surface area contributed by atoms with Gasteiger partial charge < -0.3 is 5.32 Å². The molecule has 2 aromatic heterocycles. The molecule has 1 aromatic carbocycles. The number of aromatic nitrogens is 5. The van der Waals surface area contributed by atoms with Gasteiger partial charge in [-0.15, -0.1) is 5.10 Å². The fraction of sp³-hybridized carbons (Fsp3) is 0.409. The van der Waals surface area contributed by atoms with Gasteiger partial charge in [0.15, 0.2) is 0 Å². The van der Waals surface area contributed by atoms with Crippen LogP contribution >= 0.6 is 11.8 Å². The monoisotopic (exact) mass is 435 g/mol. The average molecular weight is 436 g/mol. The van der Waals surface area contributed by atoms with E-state index in [2.05, 4.69) is 26.9 Å². The van der Waals surface area contributed by atoms with Crippen LogP contribution in [-0.2, 0) is 23.2 Å². The van der Waals surface area contributed by atoms with E-state index in [1.807, 2.05) is 55.7 Å². The number of thioether (sulfide) groups is 1. The Hall–Kier alpha value is -3.12.